The van der Waals surface area contributed by atoms with Crippen LogP contribution in [0.1, 0.15) is 32.8 Å². The average molecular weight is 366 g/mol. The predicted molar refractivity (Wildman–Crippen MR) is 107 cm³/mol. The van der Waals surface area contributed by atoms with Gasteiger partial charge in [0.25, 0.3) is 0 Å². The molecule has 0 bridgehead atoms. The molecular weight excluding hydrogens is 340 g/mol. The molecule has 5 nitrogen and oxygen atoms in total. The Bertz CT molecular complexity index is 815. The first kappa shape index (κ1) is 19.0. The van der Waals surface area contributed by atoms with Gasteiger partial charge in [-0.15, -0.1) is 0 Å². The summed E-state index contributed by atoms with van der Waals surface area (Å²) in [4.78, 5) is 26.7. The molecule has 1 aliphatic heterocycles. The van der Waals surface area contributed by atoms with Gasteiger partial charge in [0.2, 0.25) is 11.8 Å². The number of anilines is 2. The molecule has 142 valence electrons. The van der Waals surface area contributed by atoms with Crippen LogP contribution in [0.3, 0.4) is 0 Å². The molecule has 1 fully saturated rings. The molecule has 2 amide bonds. The first-order chi connectivity index (χ1) is 13.0. The first-order valence-corrected chi connectivity index (χ1v) is 9.43. The Morgan fingerprint density at radius 1 is 1.22 bits per heavy atom. The van der Waals surface area contributed by atoms with Crippen molar-refractivity contribution in [2.45, 2.75) is 39.7 Å². The van der Waals surface area contributed by atoms with Gasteiger partial charge in [-0.2, -0.15) is 0 Å². The van der Waals surface area contributed by atoms with Crippen LogP contribution in [0.25, 0.3) is 0 Å². The second-order valence-corrected chi connectivity index (χ2v) is 7.11. The molecule has 0 unspecified atom stereocenters. The lowest BCUT2D eigenvalue weighted by Crippen LogP contribution is -2.28. The molecule has 2 aromatic rings. The van der Waals surface area contributed by atoms with E-state index in [1.165, 1.54) is 5.56 Å². The minimum absolute atomic E-state index is 0.0173. The van der Waals surface area contributed by atoms with E-state index in [9.17, 15) is 9.59 Å². The monoisotopic (exact) mass is 366 g/mol. The van der Waals surface area contributed by atoms with E-state index in [1.807, 2.05) is 56.3 Å². The van der Waals surface area contributed by atoms with E-state index in [2.05, 4.69) is 12.2 Å². The minimum Gasteiger partial charge on any atom is -0.491 e. The van der Waals surface area contributed by atoms with Gasteiger partial charge in [0.1, 0.15) is 5.75 Å². The molecule has 0 aromatic heterocycles. The summed E-state index contributed by atoms with van der Waals surface area (Å²) in [6.45, 7) is 6.41. The first-order valence-electron chi connectivity index (χ1n) is 9.43. The SMILES string of the molecule is CCc1ccc(N2C[C@@H](C(=O)Nc3cccc(OC(C)C)c3)CC2=O)cc1. The van der Waals surface area contributed by atoms with E-state index in [-0.39, 0.29) is 30.3 Å². The standard InChI is InChI=1S/C22H26N2O3/c1-4-16-8-10-19(11-9-16)24-14-17(12-21(24)25)22(26)23-18-6-5-7-20(13-18)27-15(2)3/h5-11,13,15,17H,4,12,14H2,1-3H3,(H,23,26)/t17-/m0/s1. The zero-order chi connectivity index (χ0) is 19.4. The molecule has 0 saturated carbocycles. The van der Waals surface area contributed by atoms with Gasteiger partial charge in [-0.05, 0) is 50.1 Å². The van der Waals surface area contributed by atoms with Crippen molar-refractivity contribution in [1.82, 2.24) is 0 Å². The normalized spacial score (nSPS) is 16.7. The van der Waals surface area contributed by atoms with Crippen LogP contribution in [0.2, 0.25) is 0 Å². The molecule has 1 saturated heterocycles. The number of nitrogens with one attached hydrogen (secondary N) is 1. The van der Waals surface area contributed by atoms with E-state index in [4.69, 9.17) is 4.74 Å². The lowest BCUT2D eigenvalue weighted by Gasteiger charge is -2.17. The quantitative estimate of drug-likeness (QED) is 0.840. The van der Waals surface area contributed by atoms with Crippen molar-refractivity contribution in [2.24, 2.45) is 5.92 Å². The summed E-state index contributed by atoms with van der Waals surface area (Å²) in [6.07, 6.45) is 1.25. The Kier molecular flexibility index (Phi) is 5.79. The predicted octanol–water partition coefficient (Wildman–Crippen LogP) is 4.03. The van der Waals surface area contributed by atoms with Gasteiger partial charge in [-0.3, -0.25) is 9.59 Å². The third-order valence-electron chi connectivity index (χ3n) is 4.63. The third-order valence-corrected chi connectivity index (χ3v) is 4.63. The fraction of sp³-hybridized carbons (Fsp3) is 0.364. The Labute approximate surface area is 160 Å². The van der Waals surface area contributed by atoms with Crippen LogP contribution in [-0.2, 0) is 16.0 Å². The summed E-state index contributed by atoms with van der Waals surface area (Å²) in [6, 6.07) is 15.3. The van der Waals surface area contributed by atoms with Gasteiger partial charge in [0, 0.05) is 30.4 Å². The highest BCUT2D eigenvalue weighted by molar-refractivity contribution is 6.03. The van der Waals surface area contributed by atoms with Gasteiger partial charge in [-0.25, -0.2) is 0 Å². The molecule has 27 heavy (non-hydrogen) atoms. The van der Waals surface area contributed by atoms with Crippen molar-refractivity contribution in [2.75, 3.05) is 16.8 Å². The largest absolute Gasteiger partial charge is 0.491 e. The highest BCUT2D eigenvalue weighted by Gasteiger charge is 2.35. The van der Waals surface area contributed by atoms with Crippen LogP contribution >= 0.6 is 0 Å². The molecule has 1 aliphatic rings. The molecule has 5 heteroatoms. The second-order valence-electron chi connectivity index (χ2n) is 7.11. The van der Waals surface area contributed by atoms with Crippen LogP contribution in [-0.4, -0.2) is 24.5 Å². The number of benzene rings is 2. The van der Waals surface area contributed by atoms with Gasteiger partial charge in [0.05, 0.1) is 12.0 Å². The van der Waals surface area contributed by atoms with Crippen LogP contribution in [0.5, 0.6) is 5.75 Å². The van der Waals surface area contributed by atoms with Gasteiger partial charge in [-0.1, -0.05) is 25.1 Å². The molecule has 1 heterocycles. The van der Waals surface area contributed by atoms with Crippen molar-refractivity contribution in [3.05, 3.63) is 54.1 Å². The molecule has 3 rings (SSSR count). The van der Waals surface area contributed by atoms with E-state index >= 15 is 0 Å². The van der Waals surface area contributed by atoms with Crippen molar-refractivity contribution in [3.8, 4) is 5.75 Å². The summed E-state index contributed by atoms with van der Waals surface area (Å²) >= 11 is 0. The van der Waals surface area contributed by atoms with E-state index < -0.39 is 0 Å². The van der Waals surface area contributed by atoms with Gasteiger partial charge < -0.3 is 15.0 Å². The maximum atomic E-state index is 12.6. The highest BCUT2D eigenvalue weighted by Crippen LogP contribution is 2.27. The lowest BCUT2D eigenvalue weighted by molar-refractivity contribution is -0.122. The number of ether oxygens (including phenoxy) is 1. The summed E-state index contributed by atoms with van der Waals surface area (Å²) in [5.41, 5.74) is 2.75. The minimum atomic E-state index is -0.363. The molecule has 1 N–H and O–H groups in total. The highest BCUT2D eigenvalue weighted by atomic mass is 16.5. The van der Waals surface area contributed by atoms with Crippen LogP contribution in [0, 0.1) is 5.92 Å². The average Bonchev–Trinajstić information content (AvgIpc) is 3.03. The number of carbonyl (C=O) groups excluding carboxylic acids is 2. The molecule has 2 aromatic carbocycles. The Morgan fingerprint density at radius 2 is 1.96 bits per heavy atom. The molecular formula is C22H26N2O3. The Morgan fingerprint density at radius 3 is 2.63 bits per heavy atom. The summed E-state index contributed by atoms with van der Waals surface area (Å²) in [7, 11) is 0. The van der Waals surface area contributed by atoms with Crippen LogP contribution in [0.15, 0.2) is 48.5 Å². The van der Waals surface area contributed by atoms with Crippen molar-refractivity contribution < 1.29 is 14.3 Å². The number of rotatable bonds is 6. The van der Waals surface area contributed by atoms with Crippen molar-refractivity contribution in [1.29, 1.82) is 0 Å². The van der Waals surface area contributed by atoms with Gasteiger partial charge in [0.15, 0.2) is 0 Å². The molecule has 0 aliphatic carbocycles. The smallest absolute Gasteiger partial charge is 0.229 e. The summed E-state index contributed by atoms with van der Waals surface area (Å²) < 4.78 is 5.66. The number of nitrogens with zero attached hydrogens (tertiary/aromatic N) is 1. The number of amides is 2. The third kappa shape index (κ3) is 4.67. The Hall–Kier alpha value is -2.82. The second kappa shape index (κ2) is 8.25. The van der Waals surface area contributed by atoms with Crippen LogP contribution in [0.4, 0.5) is 11.4 Å². The number of aryl methyl sites for hydroxylation is 1. The fourth-order valence-corrected chi connectivity index (χ4v) is 3.21. The number of hydrogen-bond donors (Lipinski definition) is 1. The molecule has 1 atom stereocenters. The number of hydrogen-bond acceptors (Lipinski definition) is 3. The zero-order valence-corrected chi connectivity index (χ0v) is 16.1. The van der Waals surface area contributed by atoms with E-state index in [0.717, 1.165) is 12.1 Å². The maximum absolute atomic E-state index is 12.6. The molecule has 0 spiro atoms. The fourth-order valence-electron chi connectivity index (χ4n) is 3.21. The molecule has 0 radical (unpaired) electrons. The maximum Gasteiger partial charge on any atom is 0.229 e. The summed E-state index contributed by atoms with van der Waals surface area (Å²) in [5.74, 6) is 0.190. The summed E-state index contributed by atoms with van der Waals surface area (Å²) in [5, 5.41) is 2.91. The zero-order valence-electron chi connectivity index (χ0n) is 16.1. The van der Waals surface area contributed by atoms with Crippen LogP contribution < -0.4 is 15.0 Å². The van der Waals surface area contributed by atoms with Gasteiger partial charge >= 0.3 is 0 Å². The van der Waals surface area contributed by atoms with E-state index in [1.54, 1.807) is 11.0 Å². The van der Waals surface area contributed by atoms with E-state index in [0.29, 0.717) is 18.0 Å². The lowest BCUT2D eigenvalue weighted by atomic mass is 10.1. The van der Waals surface area contributed by atoms with Crippen molar-refractivity contribution >= 4 is 23.2 Å². The topological polar surface area (TPSA) is 58.6 Å². The Balaban J connectivity index is 1.65. The van der Waals surface area contributed by atoms with Crippen molar-refractivity contribution in [3.63, 3.8) is 0 Å². The number of carbonyl (C=O) groups is 2.